The van der Waals surface area contributed by atoms with Gasteiger partial charge in [-0.25, -0.2) is 4.39 Å². The Kier molecular flexibility index (Phi) is 5.77. The molecular formula is C20H27FN4O. The van der Waals surface area contributed by atoms with Crippen LogP contribution in [-0.4, -0.2) is 48.6 Å². The predicted molar refractivity (Wildman–Crippen MR) is 99.2 cm³/mol. The third kappa shape index (κ3) is 4.16. The molecular weight excluding hydrogens is 331 g/mol. The minimum absolute atomic E-state index is 0.0521. The van der Waals surface area contributed by atoms with Crippen LogP contribution in [0.5, 0.6) is 0 Å². The van der Waals surface area contributed by atoms with Crippen LogP contribution in [-0.2, 0) is 4.79 Å². The Morgan fingerprint density at radius 1 is 1.15 bits per heavy atom. The second-order valence-corrected chi connectivity index (χ2v) is 7.42. The zero-order valence-corrected chi connectivity index (χ0v) is 15.4. The molecule has 5 nitrogen and oxygen atoms in total. The SMILES string of the molecule is C[C@H](C(=O)NC1(C#N)CCCCC1)N1CCN(c2ccc(F)cc2)CC1. The van der Waals surface area contributed by atoms with Crippen LogP contribution in [0.3, 0.4) is 0 Å². The van der Waals surface area contributed by atoms with E-state index in [0.717, 1.165) is 64.0 Å². The fourth-order valence-electron chi connectivity index (χ4n) is 3.95. The second kappa shape index (κ2) is 8.05. The average molecular weight is 358 g/mol. The summed E-state index contributed by atoms with van der Waals surface area (Å²) in [5, 5.41) is 12.6. The van der Waals surface area contributed by atoms with Crippen LogP contribution in [0.15, 0.2) is 24.3 Å². The number of nitrogens with zero attached hydrogens (tertiary/aromatic N) is 3. The predicted octanol–water partition coefficient (Wildman–Crippen LogP) is 2.68. The van der Waals surface area contributed by atoms with Crippen molar-refractivity contribution in [3.63, 3.8) is 0 Å². The molecule has 2 fully saturated rings. The van der Waals surface area contributed by atoms with Gasteiger partial charge in [-0.2, -0.15) is 5.26 Å². The molecule has 0 spiro atoms. The lowest BCUT2D eigenvalue weighted by Gasteiger charge is -2.40. The summed E-state index contributed by atoms with van der Waals surface area (Å²) in [5.41, 5.74) is 0.327. The smallest absolute Gasteiger partial charge is 0.238 e. The van der Waals surface area contributed by atoms with Crippen LogP contribution >= 0.6 is 0 Å². The first-order valence-corrected chi connectivity index (χ1v) is 9.51. The molecule has 140 valence electrons. The number of rotatable bonds is 4. The van der Waals surface area contributed by atoms with Crippen molar-refractivity contribution in [2.45, 2.75) is 50.6 Å². The van der Waals surface area contributed by atoms with Gasteiger partial charge in [0.2, 0.25) is 5.91 Å². The number of nitriles is 1. The van der Waals surface area contributed by atoms with Gasteiger partial charge >= 0.3 is 0 Å². The molecule has 1 N–H and O–H groups in total. The van der Waals surface area contributed by atoms with E-state index in [1.54, 1.807) is 12.1 Å². The van der Waals surface area contributed by atoms with E-state index in [2.05, 4.69) is 21.2 Å². The molecule has 1 amide bonds. The number of carbonyl (C=O) groups excluding carboxylic acids is 1. The Balaban J connectivity index is 1.54. The maximum absolute atomic E-state index is 13.1. The number of piperazine rings is 1. The summed E-state index contributed by atoms with van der Waals surface area (Å²) >= 11 is 0. The molecule has 1 aromatic rings. The van der Waals surface area contributed by atoms with Gasteiger partial charge in [-0.15, -0.1) is 0 Å². The highest BCUT2D eigenvalue weighted by Gasteiger charge is 2.36. The normalized spacial score (nSPS) is 21.7. The second-order valence-electron chi connectivity index (χ2n) is 7.42. The molecule has 1 heterocycles. The Morgan fingerprint density at radius 2 is 1.77 bits per heavy atom. The molecule has 1 atom stereocenters. The zero-order chi connectivity index (χ0) is 18.6. The maximum atomic E-state index is 13.1. The van der Waals surface area contributed by atoms with Crippen molar-refractivity contribution in [3.8, 4) is 6.07 Å². The molecule has 26 heavy (non-hydrogen) atoms. The summed E-state index contributed by atoms with van der Waals surface area (Å²) in [5.74, 6) is -0.282. The van der Waals surface area contributed by atoms with Crippen molar-refractivity contribution < 1.29 is 9.18 Å². The van der Waals surface area contributed by atoms with Crippen LogP contribution in [0.4, 0.5) is 10.1 Å². The van der Waals surface area contributed by atoms with Gasteiger partial charge in [-0.3, -0.25) is 9.69 Å². The maximum Gasteiger partial charge on any atom is 0.238 e. The van der Waals surface area contributed by atoms with Crippen molar-refractivity contribution >= 4 is 11.6 Å². The molecule has 0 aromatic heterocycles. The van der Waals surface area contributed by atoms with Gasteiger partial charge in [-0.05, 0) is 44.0 Å². The van der Waals surface area contributed by atoms with Crippen LogP contribution < -0.4 is 10.2 Å². The number of carbonyl (C=O) groups is 1. The van der Waals surface area contributed by atoms with Gasteiger partial charge < -0.3 is 10.2 Å². The zero-order valence-electron chi connectivity index (χ0n) is 15.4. The molecule has 2 aliphatic rings. The Labute approximate surface area is 154 Å². The quantitative estimate of drug-likeness (QED) is 0.899. The molecule has 1 aliphatic heterocycles. The van der Waals surface area contributed by atoms with E-state index in [1.807, 2.05) is 6.92 Å². The first-order chi connectivity index (χ1) is 12.5. The van der Waals surface area contributed by atoms with E-state index in [4.69, 9.17) is 0 Å². The third-order valence-corrected chi connectivity index (χ3v) is 5.72. The highest BCUT2D eigenvalue weighted by molar-refractivity contribution is 5.82. The molecule has 1 saturated carbocycles. The summed E-state index contributed by atoms with van der Waals surface area (Å²) < 4.78 is 13.1. The standard InChI is InChI=1S/C20H27FN4O/c1-16(19(26)23-20(15-22)9-3-2-4-10-20)24-11-13-25(14-12-24)18-7-5-17(21)6-8-18/h5-8,16H,2-4,9-14H2,1H3,(H,23,26)/t16-/m1/s1. The molecule has 1 saturated heterocycles. The van der Waals surface area contributed by atoms with Gasteiger partial charge in [-0.1, -0.05) is 19.3 Å². The van der Waals surface area contributed by atoms with Crippen molar-refractivity contribution in [1.82, 2.24) is 10.2 Å². The lowest BCUT2D eigenvalue weighted by atomic mass is 9.82. The Bertz CT molecular complexity index is 655. The van der Waals surface area contributed by atoms with Crippen LogP contribution in [0.25, 0.3) is 0 Å². The average Bonchev–Trinajstić information content (AvgIpc) is 2.69. The van der Waals surface area contributed by atoms with Gasteiger partial charge in [0.1, 0.15) is 11.4 Å². The van der Waals surface area contributed by atoms with Crippen molar-refractivity contribution in [1.29, 1.82) is 5.26 Å². The summed E-state index contributed by atoms with van der Waals surface area (Å²) in [7, 11) is 0. The Morgan fingerprint density at radius 3 is 2.35 bits per heavy atom. The van der Waals surface area contributed by atoms with E-state index in [0.29, 0.717) is 0 Å². The van der Waals surface area contributed by atoms with Crippen LogP contribution in [0.2, 0.25) is 0 Å². The summed E-state index contributed by atoms with van der Waals surface area (Å²) in [6.45, 7) is 5.05. The van der Waals surface area contributed by atoms with E-state index in [9.17, 15) is 14.4 Å². The lowest BCUT2D eigenvalue weighted by molar-refractivity contribution is -0.127. The summed E-state index contributed by atoms with van der Waals surface area (Å²) in [6.07, 6.45) is 4.64. The molecule has 6 heteroatoms. The first-order valence-electron chi connectivity index (χ1n) is 9.51. The summed E-state index contributed by atoms with van der Waals surface area (Å²) in [4.78, 5) is 17.1. The summed E-state index contributed by atoms with van der Waals surface area (Å²) in [6, 6.07) is 8.63. The Hall–Kier alpha value is -2.13. The molecule has 0 radical (unpaired) electrons. The molecule has 3 rings (SSSR count). The highest BCUT2D eigenvalue weighted by atomic mass is 19.1. The van der Waals surface area contributed by atoms with Gasteiger partial charge in [0.25, 0.3) is 0 Å². The number of anilines is 1. The number of halogens is 1. The number of hydrogen-bond acceptors (Lipinski definition) is 4. The highest BCUT2D eigenvalue weighted by Crippen LogP contribution is 2.28. The van der Waals surface area contributed by atoms with Crippen LogP contribution in [0, 0.1) is 17.1 Å². The number of benzene rings is 1. The van der Waals surface area contributed by atoms with Crippen molar-refractivity contribution in [2.75, 3.05) is 31.1 Å². The molecule has 0 unspecified atom stereocenters. The van der Waals surface area contributed by atoms with E-state index >= 15 is 0 Å². The van der Waals surface area contributed by atoms with Gasteiger partial charge in [0.05, 0.1) is 12.1 Å². The third-order valence-electron chi connectivity index (χ3n) is 5.72. The fraction of sp³-hybridized carbons (Fsp3) is 0.600. The minimum Gasteiger partial charge on any atom is -0.369 e. The monoisotopic (exact) mass is 358 g/mol. The molecule has 1 aromatic carbocycles. The number of nitrogens with one attached hydrogen (secondary N) is 1. The molecule has 0 bridgehead atoms. The van der Waals surface area contributed by atoms with Crippen LogP contribution in [0.1, 0.15) is 39.0 Å². The van der Waals surface area contributed by atoms with Gasteiger partial charge in [0, 0.05) is 31.9 Å². The minimum atomic E-state index is -0.681. The largest absolute Gasteiger partial charge is 0.369 e. The number of amides is 1. The number of hydrogen-bond donors (Lipinski definition) is 1. The topological polar surface area (TPSA) is 59.4 Å². The van der Waals surface area contributed by atoms with Crippen molar-refractivity contribution in [2.24, 2.45) is 0 Å². The van der Waals surface area contributed by atoms with Crippen molar-refractivity contribution in [3.05, 3.63) is 30.1 Å². The van der Waals surface area contributed by atoms with E-state index in [-0.39, 0.29) is 17.8 Å². The fourth-order valence-corrected chi connectivity index (χ4v) is 3.95. The lowest BCUT2D eigenvalue weighted by Crippen LogP contribution is -2.58. The van der Waals surface area contributed by atoms with Gasteiger partial charge in [0.15, 0.2) is 0 Å². The van der Waals surface area contributed by atoms with E-state index < -0.39 is 5.54 Å². The molecule has 1 aliphatic carbocycles. The van der Waals surface area contributed by atoms with E-state index in [1.165, 1.54) is 12.1 Å². The first kappa shape index (κ1) is 18.7.